The van der Waals surface area contributed by atoms with Crippen LogP contribution in [0.15, 0.2) is 41.5 Å². The summed E-state index contributed by atoms with van der Waals surface area (Å²) in [6.07, 6.45) is 7.22. The number of anilines is 1. The number of nitrogens with zero attached hydrogens (tertiary/aromatic N) is 5. The first-order valence-corrected chi connectivity index (χ1v) is 7.75. The summed E-state index contributed by atoms with van der Waals surface area (Å²) < 4.78 is 7.31. The van der Waals surface area contributed by atoms with Crippen molar-refractivity contribution in [2.75, 3.05) is 5.32 Å². The van der Waals surface area contributed by atoms with E-state index in [1.807, 2.05) is 29.8 Å². The lowest BCUT2D eigenvalue weighted by atomic mass is 9.80. The first-order chi connectivity index (χ1) is 11.3. The van der Waals surface area contributed by atoms with Crippen LogP contribution in [0.1, 0.15) is 18.7 Å². The summed E-state index contributed by atoms with van der Waals surface area (Å²) in [5, 5.41) is 7.65. The SMILES string of the molecule is Cc1nc(NC2CC(Cn3cncn3)C2)cc(-c2ccco2)n1. The molecule has 118 valence electrons. The summed E-state index contributed by atoms with van der Waals surface area (Å²) in [6.45, 7) is 2.82. The molecular formula is C16H18N6O. The first kappa shape index (κ1) is 13.9. The van der Waals surface area contributed by atoms with E-state index in [-0.39, 0.29) is 0 Å². The van der Waals surface area contributed by atoms with Crippen LogP contribution in [0.25, 0.3) is 11.5 Å². The van der Waals surface area contributed by atoms with Gasteiger partial charge >= 0.3 is 0 Å². The van der Waals surface area contributed by atoms with Crippen LogP contribution < -0.4 is 5.32 Å². The van der Waals surface area contributed by atoms with Gasteiger partial charge in [-0.25, -0.2) is 15.0 Å². The lowest BCUT2D eigenvalue weighted by Crippen LogP contribution is -2.37. The van der Waals surface area contributed by atoms with Crippen LogP contribution in [0.3, 0.4) is 0 Å². The molecule has 0 bridgehead atoms. The van der Waals surface area contributed by atoms with Gasteiger partial charge in [-0.2, -0.15) is 5.10 Å². The molecule has 1 aliphatic carbocycles. The topological polar surface area (TPSA) is 81.7 Å². The third-order valence-corrected chi connectivity index (χ3v) is 4.11. The monoisotopic (exact) mass is 310 g/mol. The Hall–Kier alpha value is -2.70. The van der Waals surface area contributed by atoms with Gasteiger partial charge < -0.3 is 9.73 Å². The smallest absolute Gasteiger partial charge is 0.152 e. The second kappa shape index (κ2) is 5.83. The lowest BCUT2D eigenvalue weighted by Gasteiger charge is -2.36. The third-order valence-electron chi connectivity index (χ3n) is 4.11. The van der Waals surface area contributed by atoms with E-state index in [1.165, 1.54) is 0 Å². The maximum Gasteiger partial charge on any atom is 0.152 e. The van der Waals surface area contributed by atoms with Crippen LogP contribution >= 0.6 is 0 Å². The molecular weight excluding hydrogens is 292 g/mol. The maximum absolute atomic E-state index is 5.42. The van der Waals surface area contributed by atoms with Crippen LogP contribution in [0.2, 0.25) is 0 Å². The molecule has 1 N–H and O–H groups in total. The van der Waals surface area contributed by atoms with Gasteiger partial charge in [0.05, 0.1) is 6.26 Å². The van der Waals surface area contributed by atoms with Gasteiger partial charge in [-0.15, -0.1) is 0 Å². The van der Waals surface area contributed by atoms with Gasteiger partial charge in [0.25, 0.3) is 0 Å². The van der Waals surface area contributed by atoms with E-state index < -0.39 is 0 Å². The van der Waals surface area contributed by atoms with Crippen molar-refractivity contribution in [3.8, 4) is 11.5 Å². The van der Waals surface area contributed by atoms with Gasteiger partial charge in [-0.05, 0) is 37.8 Å². The molecule has 0 radical (unpaired) electrons. The standard InChI is InChI=1S/C16H18N6O/c1-11-19-14(15-3-2-4-23-15)7-16(20-11)21-13-5-12(6-13)8-22-10-17-9-18-22/h2-4,7,9-10,12-13H,5-6,8H2,1H3,(H,19,20,21). The zero-order valence-corrected chi connectivity index (χ0v) is 12.9. The molecule has 4 rings (SSSR count). The van der Waals surface area contributed by atoms with Crippen LogP contribution in [-0.4, -0.2) is 30.8 Å². The van der Waals surface area contributed by atoms with Crippen molar-refractivity contribution in [3.05, 3.63) is 42.9 Å². The Morgan fingerprint density at radius 1 is 1.35 bits per heavy atom. The number of furan rings is 1. The second-order valence-electron chi connectivity index (χ2n) is 5.96. The summed E-state index contributed by atoms with van der Waals surface area (Å²) in [5.74, 6) is 2.99. The molecule has 0 unspecified atom stereocenters. The molecule has 23 heavy (non-hydrogen) atoms. The van der Waals surface area contributed by atoms with Crippen molar-refractivity contribution in [2.45, 2.75) is 32.4 Å². The van der Waals surface area contributed by atoms with Gasteiger partial charge in [0.1, 0.15) is 30.0 Å². The molecule has 1 aliphatic rings. The minimum absolute atomic E-state index is 0.447. The van der Waals surface area contributed by atoms with Crippen molar-refractivity contribution in [1.29, 1.82) is 0 Å². The number of hydrogen-bond acceptors (Lipinski definition) is 6. The molecule has 0 amide bonds. The lowest BCUT2D eigenvalue weighted by molar-refractivity contribution is 0.240. The van der Waals surface area contributed by atoms with Crippen LogP contribution in [0, 0.1) is 12.8 Å². The van der Waals surface area contributed by atoms with Crippen molar-refractivity contribution in [3.63, 3.8) is 0 Å². The molecule has 1 fully saturated rings. The van der Waals surface area contributed by atoms with Gasteiger partial charge in [0.15, 0.2) is 5.76 Å². The fourth-order valence-corrected chi connectivity index (χ4v) is 3.00. The van der Waals surface area contributed by atoms with E-state index in [0.717, 1.165) is 42.5 Å². The fraction of sp³-hybridized carbons (Fsp3) is 0.375. The van der Waals surface area contributed by atoms with E-state index >= 15 is 0 Å². The minimum atomic E-state index is 0.447. The highest BCUT2D eigenvalue weighted by Gasteiger charge is 2.29. The van der Waals surface area contributed by atoms with Gasteiger partial charge in [-0.3, -0.25) is 4.68 Å². The molecule has 3 aromatic heterocycles. The molecule has 0 aliphatic heterocycles. The summed E-state index contributed by atoms with van der Waals surface area (Å²) >= 11 is 0. The van der Waals surface area contributed by atoms with Crippen LogP contribution in [0.5, 0.6) is 0 Å². The van der Waals surface area contributed by atoms with E-state index in [9.17, 15) is 0 Å². The molecule has 0 atom stereocenters. The van der Waals surface area contributed by atoms with E-state index in [4.69, 9.17) is 4.42 Å². The van der Waals surface area contributed by atoms with Crippen molar-refractivity contribution in [1.82, 2.24) is 24.7 Å². The highest BCUT2D eigenvalue weighted by molar-refractivity contribution is 5.57. The summed E-state index contributed by atoms with van der Waals surface area (Å²) in [4.78, 5) is 12.9. The van der Waals surface area contributed by atoms with Gasteiger partial charge in [0.2, 0.25) is 0 Å². The molecule has 3 heterocycles. The highest BCUT2D eigenvalue weighted by Crippen LogP contribution is 2.31. The Bertz CT molecular complexity index is 762. The third kappa shape index (κ3) is 3.08. The second-order valence-corrected chi connectivity index (χ2v) is 5.96. The van der Waals surface area contributed by atoms with Crippen LogP contribution in [0.4, 0.5) is 5.82 Å². The highest BCUT2D eigenvalue weighted by atomic mass is 16.3. The predicted molar refractivity (Wildman–Crippen MR) is 84.6 cm³/mol. The molecule has 3 aromatic rings. The van der Waals surface area contributed by atoms with Crippen molar-refractivity contribution < 1.29 is 4.42 Å². The van der Waals surface area contributed by atoms with Crippen molar-refractivity contribution >= 4 is 5.82 Å². The number of rotatable bonds is 5. The van der Waals surface area contributed by atoms with E-state index in [0.29, 0.717) is 12.0 Å². The number of hydrogen-bond donors (Lipinski definition) is 1. The normalized spacial score (nSPS) is 20.2. The fourth-order valence-electron chi connectivity index (χ4n) is 3.00. The molecule has 7 heteroatoms. The minimum Gasteiger partial charge on any atom is -0.463 e. The zero-order valence-electron chi connectivity index (χ0n) is 12.9. The Morgan fingerprint density at radius 3 is 3.00 bits per heavy atom. The van der Waals surface area contributed by atoms with Crippen molar-refractivity contribution in [2.24, 2.45) is 5.92 Å². The van der Waals surface area contributed by atoms with Crippen LogP contribution in [-0.2, 0) is 6.54 Å². The summed E-state index contributed by atoms with van der Waals surface area (Å²) in [5.41, 5.74) is 0.809. The van der Waals surface area contributed by atoms with E-state index in [2.05, 4.69) is 25.4 Å². The molecule has 0 saturated heterocycles. The molecule has 7 nitrogen and oxygen atoms in total. The largest absolute Gasteiger partial charge is 0.463 e. The number of nitrogens with one attached hydrogen (secondary N) is 1. The maximum atomic E-state index is 5.42. The Kier molecular flexibility index (Phi) is 3.53. The Labute approximate surface area is 133 Å². The zero-order chi connectivity index (χ0) is 15.6. The molecule has 1 saturated carbocycles. The quantitative estimate of drug-likeness (QED) is 0.780. The van der Waals surface area contributed by atoms with Gasteiger partial charge in [0, 0.05) is 18.7 Å². The van der Waals surface area contributed by atoms with E-state index in [1.54, 1.807) is 18.9 Å². The Balaban J connectivity index is 1.38. The predicted octanol–water partition coefficient (Wildman–Crippen LogP) is 2.53. The van der Waals surface area contributed by atoms with Gasteiger partial charge in [-0.1, -0.05) is 0 Å². The summed E-state index contributed by atoms with van der Waals surface area (Å²) in [6, 6.07) is 6.16. The molecule has 0 spiro atoms. The number of aryl methyl sites for hydroxylation is 1. The average Bonchev–Trinajstić information content (AvgIpc) is 3.18. The average molecular weight is 310 g/mol. The summed E-state index contributed by atoms with van der Waals surface area (Å²) in [7, 11) is 0. The molecule has 0 aromatic carbocycles. The Morgan fingerprint density at radius 2 is 2.26 bits per heavy atom. The first-order valence-electron chi connectivity index (χ1n) is 7.75. The number of aromatic nitrogens is 5.